The number of hydrogen-bond donors (Lipinski definition) is 3. The molecular formula is C27H34N8O. The van der Waals surface area contributed by atoms with E-state index in [1.165, 1.54) is 18.4 Å². The van der Waals surface area contributed by atoms with Gasteiger partial charge in [0.2, 0.25) is 0 Å². The van der Waals surface area contributed by atoms with Gasteiger partial charge in [-0.3, -0.25) is 4.79 Å². The van der Waals surface area contributed by atoms with Crippen LogP contribution in [0, 0.1) is 6.92 Å². The Labute approximate surface area is 211 Å². The van der Waals surface area contributed by atoms with Crippen molar-refractivity contribution in [3.63, 3.8) is 0 Å². The molecule has 9 nitrogen and oxygen atoms in total. The summed E-state index contributed by atoms with van der Waals surface area (Å²) in [6, 6.07) is 8.22. The number of nitrogens with two attached hydrogens (primary N) is 1. The number of aliphatic imine (C=N–C) groups is 1. The van der Waals surface area contributed by atoms with E-state index >= 15 is 0 Å². The first-order valence-electron chi connectivity index (χ1n) is 12.4. The van der Waals surface area contributed by atoms with Gasteiger partial charge in [-0.25, -0.2) is 9.97 Å². The van der Waals surface area contributed by atoms with Crippen molar-refractivity contribution in [1.82, 2.24) is 29.4 Å². The number of aryl methyl sites for hydroxylation is 1. The van der Waals surface area contributed by atoms with Crippen molar-refractivity contribution < 1.29 is 4.79 Å². The number of nitrogens with zero attached hydrogens (tertiary/aromatic N) is 5. The maximum Gasteiger partial charge on any atom is 0.253 e. The Hall–Kier alpha value is -4.14. The van der Waals surface area contributed by atoms with Crippen LogP contribution in [0.5, 0.6) is 0 Å². The molecule has 0 aliphatic heterocycles. The summed E-state index contributed by atoms with van der Waals surface area (Å²) in [6.07, 6.45) is 12.0. The molecule has 0 aromatic carbocycles. The smallest absolute Gasteiger partial charge is 0.253 e. The molecule has 4 heterocycles. The predicted octanol–water partition coefficient (Wildman–Crippen LogP) is 3.47. The molecule has 0 unspecified atom stereocenters. The lowest BCUT2D eigenvalue weighted by molar-refractivity contribution is -0.117. The molecule has 4 aromatic rings. The zero-order valence-corrected chi connectivity index (χ0v) is 21.3. The summed E-state index contributed by atoms with van der Waals surface area (Å²) in [6.45, 7) is 6.51. The number of amidine groups is 1. The minimum absolute atomic E-state index is 0.0842. The monoisotopic (exact) mass is 486 g/mol. The molecule has 0 bridgehead atoms. The third-order valence-electron chi connectivity index (χ3n) is 5.94. The summed E-state index contributed by atoms with van der Waals surface area (Å²) in [4.78, 5) is 25.5. The van der Waals surface area contributed by atoms with Gasteiger partial charge in [0, 0.05) is 31.7 Å². The fourth-order valence-electron chi connectivity index (χ4n) is 3.99. The minimum atomic E-state index is -0.349. The van der Waals surface area contributed by atoms with Crippen LogP contribution in [0.15, 0.2) is 66.1 Å². The molecule has 0 atom stereocenters. The number of carbonyl (C=O) groups is 1. The van der Waals surface area contributed by atoms with Crippen molar-refractivity contribution >= 4 is 22.9 Å². The zero-order valence-electron chi connectivity index (χ0n) is 21.3. The number of pyridine rings is 2. The summed E-state index contributed by atoms with van der Waals surface area (Å²) in [5, 5.41) is 6.31. The van der Waals surface area contributed by atoms with E-state index in [0.29, 0.717) is 24.0 Å². The Morgan fingerprint density at radius 3 is 2.78 bits per heavy atom. The first-order chi connectivity index (χ1) is 17.5. The highest BCUT2D eigenvalue weighted by Gasteiger charge is 2.23. The average molecular weight is 487 g/mol. The van der Waals surface area contributed by atoms with Gasteiger partial charge in [-0.05, 0) is 55.0 Å². The number of rotatable bonds is 8. The van der Waals surface area contributed by atoms with Crippen LogP contribution in [0.2, 0.25) is 0 Å². The van der Waals surface area contributed by atoms with Gasteiger partial charge in [0.1, 0.15) is 17.3 Å². The van der Waals surface area contributed by atoms with E-state index in [0.717, 1.165) is 22.4 Å². The average Bonchev–Trinajstić information content (AvgIpc) is 3.54. The second-order valence-electron chi connectivity index (χ2n) is 8.69. The van der Waals surface area contributed by atoms with Gasteiger partial charge in [0.05, 0.1) is 36.2 Å². The first kappa shape index (κ1) is 25.0. The van der Waals surface area contributed by atoms with Gasteiger partial charge in [0.25, 0.3) is 5.91 Å². The molecular weight excluding hydrogens is 452 g/mol. The van der Waals surface area contributed by atoms with E-state index in [1.807, 2.05) is 49.7 Å². The fraction of sp³-hybridized carbons (Fsp3) is 0.333. The normalized spacial score (nSPS) is 14.0. The second-order valence-corrected chi connectivity index (χ2v) is 8.69. The van der Waals surface area contributed by atoms with Crippen molar-refractivity contribution in [2.24, 2.45) is 10.7 Å². The molecule has 4 N–H and O–H groups in total. The largest absolute Gasteiger partial charge is 0.383 e. The molecule has 0 radical (unpaired) electrons. The summed E-state index contributed by atoms with van der Waals surface area (Å²) in [5.74, 6) is 1.12. The van der Waals surface area contributed by atoms with Crippen LogP contribution in [0.1, 0.15) is 55.1 Å². The third-order valence-corrected chi connectivity index (χ3v) is 5.94. The molecule has 1 amide bonds. The Kier molecular flexibility index (Phi) is 7.68. The number of carbonyl (C=O) groups excluding carboxylic acids is 1. The first-order valence-corrected chi connectivity index (χ1v) is 12.4. The lowest BCUT2D eigenvalue weighted by Gasteiger charge is -2.09. The van der Waals surface area contributed by atoms with Crippen LogP contribution in [-0.4, -0.2) is 37.6 Å². The fourth-order valence-corrected chi connectivity index (χ4v) is 3.99. The Balaban J connectivity index is 0.00000148. The van der Waals surface area contributed by atoms with Crippen molar-refractivity contribution in [1.29, 1.82) is 0 Å². The molecule has 1 aliphatic rings. The lowest BCUT2D eigenvalue weighted by Crippen LogP contribution is -2.26. The third kappa shape index (κ3) is 5.91. The number of hydrogen-bond acceptors (Lipinski definition) is 5. The molecule has 0 spiro atoms. The number of fused-ring (bicyclic) bond motifs is 2. The Morgan fingerprint density at radius 1 is 1.22 bits per heavy atom. The molecule has 188 valence electrons. The molecule has 9 heteroatoms. The number of nitrogens with one attached hydrogen (secondary N) is 2. The molecule has 4 aromatic heterocycles. The second kappa shape index (κ2) is 11.1. The van der Waals surface area contributed by atoms with Gasteiger partial charge >= 0.3 is 0 Å². The van der Waals surface area contributed by atoms with E-state index < -0.39 is 0 Å². The van der Waals surface area contributed by atoms with E-state index in [9.17, 15) is 4.79 Å². The molecule has 5 rings (SSSR count). The van der Waals surface area contributed by atoms with Crippen LogP contribution in [-0.2, 0) is 17.8 Å². The van der Waals surface area contributed by atoms with Gasteiger partial charge < -0.3 is 25.2 Å². The van der Waals surface area contributed by atoms with E-state index in [1.54, 1.807) is 19.5 Å². The van der Waals surface area contributed by atoms with Crippen molar-refractivity contribution in [2.45, 2.75) is 52.5 Å². The Bertz CT molecular complexity index is 1420. The van der Waals surface area contributed by atoms with Crippen LogP contribution in [0.3, 0.4) is 0 Å². The highest BCUT2D eigenvalue weighted by atomic mass is 16.1. The van der Waals surface area contributed by atoms with Gasteiger partial charge in [-0.15, -0.1) is 0 Å². The quantitative estimate of drug-likeness (QED) is 0.260. The Morgan fingerprint density at radius 2 is 2.03 bits per heavy atom. The molecule has 36 heavy (non-hydrogen) atoms. The van der Waals surface area contributed by atoms with E-state index in [4.69, 9.17) is 5.73 Å². The predicted molar refractivity (Wildman–Crippen MR) is 143 cm³/mol. The molecule has 1 saturated carbocycles. The highest BCUT2D eigenvalue weighted by Crippen LogP contribution is 2.39. The SMILES string of the molecule is CC.CN/C(=C\C(N)=NC(=O)Cc1ncn2ccc(C)cc12)NCc1cn2cc(C3CC3)ccc2n1. The molecule has 1 fully saturated rings. The van der Waals surface area contributed by atoms with Crippen molar-refractivity contribution in [3.05, 3.63) is 83.6 Å². The zero-order chi connectivity index (χ0) is 25.7. The van der Waals surface area contributed by atoms with Crippen LogP contribution in [0.4, 0.5) is 0 Å². The molecule has 1 aliphatic carbocycles. The van der Waals surface area contributed by atoms with Gasteiger partial charge in [-0.2, -0.15) is 4.99 Å². The maximum absolute atomic E-state index is 12.5. The number of amides is 1. The van der Waals surface area contributed by atoms with Crippen LogP contribution >= 0.6 is 0 Å². The van der Waals surface area contributed by atoms with Crippen LogP contribution in [0.25, 0.3) is 11.2 Å². The summed E-state index contributed by atoms with van der Waals surface area (Å²) in [7, 11) is 1.78. The molecule has 0 saturated heterocycles. The van der Waals surface area contributed by atoms with Crippen molar-refractivity contribution in [3.8, 4) is 0 Å². The van der Waals surface area contributed by atoms with Gasteiger partial charge in [-0.1, -0.05) is 19.9 Å². The van der Waals surface area contributed by atoms with E-state index in [-0.39, 0.29) is 18.2 Å². The van der Waals surface area contributed by atoms with Crippen LogP contribution < -0.4 is 16.4 Å². The minimum Gasteiger partial charge on any atom is -0.383 e. The number of aromatic nitrogens is 4. The highest BCUT2D eigenvalue weighted by molar-refractivity contribution is 6.00. The summed E-state index contributed by atoms with van der Waals surface area (Å²) < 4.78 is 3.96. The lowest BCUT2D eigenvalue weighted by atomic mass is 10.2. The number of imidazole rings is 2. The van der Waals surface area contributed by atoms with Gasteiger partial charge in [0.15, 0.2) is 0 Å². The topological polar surface area (TPSA) is 114 Å². The summed E-state index contributed by atoms with van der Waals surface area (Å²) >= 11 is 0. The van der Waals surface area contributed by atoms with E-state index in [2.05, 4.69) is 48.3 Å². The van der Waals surface area contributed by atoms with Crippen molar-refractivity contribution in [2.75, 3.05) is 7.05 Å². The maximum atomic E-state index is 12.5. The standard InChI is InChI=1S/C25H28N8O.C2H6/c1-16-7-8-32-15-29-20(21(32)9-16)10-25(34)31-22(26)11-23(27-2)28-12-19-14-33-13-18(17-3-4-17)5-6-24(33)30-19;1-2/h5-9,11,13-15,17,27-28H,3-4,10,12H2,1-2H3,(H2,26,31,34);1-2H3/b23-11+;. The summed E-state index contributed by atoms with van der Waals surface area (Å²) in [5.41, 5.74) is 11.9.